The third kappa shape index (κ3) is 7.73. The standard InChI is InChI=1S/C5H12O5S/c1-3-4-9-5(2)10-11(6,7)8/h5H,3-4H2,1-2H3,(H,6,7,8). The molecule has 1 N–H and O–H groups in total. The van der Waals surface area contributed by atoms with Crippen LogP contribution >= 0.6 is 0 Å². The molecule has 0 radical (unpaired) electrons. The molecule has 0 spiro atoms. The highest BCUT2D eigenvalue weighted by Gasteiger charge is 2.11. The quantitative estimate of drug-likeness (QED) is 0.499. The Morgan fingerprint density at radius 2 is 2.09 bits per heavy atom. The van der Waals surface area contributed by atoms with Crippen LogP contribution < -0.4 is 0 Å². The summed E-state index contributed by atoms with van der Waals surface area (Å²) < 4.78 is 37.1. The van der Waals surface area contributed by atoms with E-state index < -0.39 is 16.7 Å². The van der Waals surface area contributed by atoms with E-state index >= 15 is 0 Å². The van der Waals surface area contributed by atoms with Crippen molar-refractivity contribution in [1.29, 1.82) is 0 Å². The van der Waals surface area contributed by atoms with Gasteiger partial charge in [0.05, 0.1) is 0 Å². The van der Waals surface area contributed by atoms with Crippen LogP contribution in [0.2, 0.25) is 0 Å². The Kier molecular flexibility index (Phi) is 4.58. The van der Waals surface area contributed by atoms with Gasteiger partial charge in [-0.05, 0) is 13.3 Å². The van der Waals surface area contributed by atoms with Gasteiger partial charge < -0.3 is 4.74 Å². The van der Waals surface area contributed by atoms with Crippen LogP contribution in [-0.4, -0.2) is 25.9 Å². The van der Waals surface area contributed by atoms with E-state index in [2.05, 4.69) is 4.18 Å². The van der Waals surface area contributed by atoms with Gasteiger partial charge in [-0.25, -0.2) is 4.18 Å². The van der Waals surface area contributed by atoms with Gasteiger partial charge in [0.25, 0.3) is 0 Å². The molecule has 0 saturated heterocycles. The monoisotopic (exact) mass is 184 g/mol. The van der Waals surface area contributed by atoms with Crippen molar-refractivity contribution in [2.24, 2.45) is 0 Å². The SMILES string of the molecule is CCCOC(C)OS(=O)(=O)O. The molecule has 0 rings (SSSR count). The molecule has 0 saturated carbocycles. The van der Waals surface area contributed by atoms with E-state index in [4.69, 9.17) is 9.29 Å². The first-order valence-electron chi connectivity index (χ1n) is 3.23. The minimum Gasteiger partial charge on any atom is -0.352 e. The molecule has 1 unspecified atom stereocenters. The molecule has 0 heterocycles. The van der Waals surface area contributed by atoms with Crippen molar-refractivity contribution in [2.75, 3.05) is 6.61 Å². The Balaban J connectivity index is 3.61. The second-order valence-electron chi connectivity index (χ2n) is 1.96. The van der Waals surface area contributed by atoms with E-state index in [1.807, 2.05) is 6.92 Å². The van der Waals surface area contributed by atoms with Gasteiger partial charge in [-0.15, -0.1) is 0 Å². The maximum atomic E-state index is 10.1. The molecular weight excluding hydrogens is 172 g/mol. The number of rotatable bonds is 5. The van der Waals surface area contributed by atoms with Crippen LogP contribution in [0.5, 0.6) is 0 Å². The van der Waals surface area contributed by atoms with Crippen LogP contribution in [0.3, 0.4) is 0 Å². The average Bonchev–Trinajstić information content (AvgIpc) is 1.79. The van der Waals surface area contributed by atoms with Gasteiger partial charge in [-0.3, -0.25) is 4.55 Å². The van der Waals surface area contributed by atoms with Crippen LogP contribution in [0.1, 0.15) is 20.3 Å². The van der Waals surface area contributed by atoms with E-state index in [-0.39, 0.29) is 0 Å². The van der Waals surface area contributed by atoms with Crippen molar-refractivity contribution in [3.05, 3.63) is 0 Å². The molecule has 0 amide bonds. The predicted molar refractivity (Wildman–Crippen MR) is 38.3 cm³/mol. The van der Waals surface area contributed by atoms with E-state index in [9.17, 15) is 8.42 Å². The summed E-state index contributed by atoms with van der Waals surface area (Å²) >= 11 is 0. The van der Waals surface area contributed by atoms with Crippen molar-refractivity contribution >= 4 is 10.4 Å². The average molecular weight is 184 g/mol. The summed E-state index contributed by atoms with van der Waals surface area (Å²) in [6.07, 6.45) is -0.163. The molecule has 68 valence electrons. The highest BCUT2D eigenvalue weighted by molar-refractivity contribution is 7.80. The first kappa shape index (κ1) is 10.8. The topological polar surface area (TPSA) is 72.8 Å². The van der Waals surface area contributed by atoms with Gasteiger partial charge >= 0.3 is 10.4 Å². The zero-order valence-corrected chi connectivity index (χ0v) is 7.30. The van der Waals surface area contributed by atoms with Crippen molar-refractivity contribution in [3.63, 3.8) is 0 Å². The van der Waals surface area contributed by atoms with Gasteiger partial charge in [-0.1, -0.05) is 6.92 Å². The van der Waals surface area contributed by atoms with E-state index in [1.54, 1.807) is 0 Å². The Hall–Kier alpha value is -0.170. The van der Waals surface area contributed by atoms with Crippen LogP contribution in [0.25, 0.3) is 0 Å². The summed E-state index contributed by atoms with van der Waals surface area (Å²) in [7, 11) is -4.38. The molecule has 6 heteroatoms. The van der Waals surface area contributed by atoms with Crippen LogP contribution in [0, 0.1) is 0 Å². The van der Waals surface area contributed by atoms with Crippen molar-refractivity contribution in [2.45, 2.75) is 26.6 Å². The second-order valence-corrected chi connectivity index (χ2v) is 3.01. The van der Waals surface area contributed by atoms with Crippen LogP contribution in [0.15, 0.2) is 0 Å². The summed E-state index contributed by atoms with van der Waals surface area (Å²) in [6, 6.07) is 0. The summed E-state index contributed by atoms with van der Waals surface area (Å²) in [5.74, 6) is 0. The van der Waals surface area contributed by atoms with E-state index in [0.717, 1.165) is 6.42 Å². The highest BCUT2D eigenvalue weighted by atomic mass is 32.3. The van der Waals surface area contributed by atoms with Crippen LogP contribution in [-0.2, 0) is 19.3 Å². The summed E-state index contributed by atoms with van der Waals surface area (Å²) in [5, 5.41) is 0. The first-order valence-corrected chi connectivity index (χ1v) is 4.59. The van der Waals surface area contributed by atoms with Gasteiger partial charge in [0.2, 0.25) is 0 Å². The normalized spacial score (nSPS) is 14.8. The lowest BCUT2D eigenvalue weighted by Gasteiger charge is -2.09. The molecule has 0 aromatic rings. The molecule has 1 atom stereocenters. The minimum atomic E-state index is -4.38. The fraction of sp³-hybridized carbons (Fsp3) is 1.00. The molecule has 11 heavy (non-hydrogen) atoms. The lowest BCUT2D eigenvalue weighted by molar-refractivity contribution is -0.0675. The number of ether oxygens (including phenoxy) is 1. The molecule has 0 aliphatic rings. The molecule has 0 aromatic carbocycles. The third-order valence-corrected chi connectivity index (χ3v) is 1.33. The summed E-state index contributed by atoms with van der Waals surface area (Å²) in [5.41, 5.74) is 0. The van der Waals surface area contributed by atoms with Crippen molar-refractivity contribution in [1.82, 2.24) is 0 Å². The highest BCUT2D eigenvalue weighted by Crippen LogP contribution is 1.98. The molecule has 0 aromatic heterocycles. The molecule has 0 aliphatic carbocycles. The lowest BCUT2D eigenvalue weighted by atomic mass is 10.5. The van der Waals surface area contributed by atoms with Crippen molar-refractivity contribution < 1.29 is 21.9 Å². The number of hydrogen-bond donors (Lipinski definition) is 1. The fourth-order valence-corrected chi connectivity index (χ4v) is 0.881. The molecule has 0 aliphatic heterocycles. The molecule has 0 bridgehead atoms. The molecular formula is C5H12O5S. The van der Waals surface area contributed by atoms with Crippen LogP contribution in [0.4, 0.5) is 0 Å². The Morgan fingerprint density at radius 1 is 1.55 bits per heavy atom. The Morgan fingerprint density at radius 3 is 2.45 bits per heavy atom. The van der Waals surface area contributed by atoms with Gasteiger partial charge in [0.1, 0.15) is 0 Å². The van der Waals surface area contributed by atoms with Gasteiger partial charge in [-0.2, -0.15) is 8.42 Å². The Bertz CT molecular complexity index is 185. The summed E-state index contributed by atoms with van der Waals surface area (Å²) in [6.45, 7) is 3.67. The molecule has 5 nitrogen and oxygen atoms in total. The lowest BCUT2D eigenvalue weighted by Crippen LogP contribution is -2.17. The second kappa shape index (κ2) is 4.66. The van der Waals surface area contributed by atoms with E-state index in [0.29, 0.717) is 6.61 Å². The Labute approximate surface area is 66.3 Å². The van der Waals surface area contributed by atoms with E-state index in [1.165, 1.54) is 6.92 Å². The third-order valence-electron chi connectivity index (χ3n) is 0.814. The van der Waals surface area contributed by atoms with Crippen molar-refractivity contribution in [3.8, 4) is 0 Å². The largest absolute Gasteiger partial charge is 0.399 e. The fourth-order valence-electron chi connectivity index (χ4n) is 0.483. The minimum absolute atomic E-state index is 0.399. The predicted octanol–water partition coefficient (Wildman–Crippen LogP) is 0.578. The molecule has 0 fully saturated rings. The van der Waals surface area contributed by atoms with Gasteiger partial charge in [0.15, 0.2) is 6.29 Å². The number of hydrogen-bond acceptors (Lipinski definition) is 4. The zero-order chi connectivity index (χ0) is 8.91. The first-order chi connectivity index (χ1) is 4.95. The summed E-state index contributed by atoms with van der Waals surface area (Å²) in [4.78, 5) is 0. The zero-order valence-electron chi connectivity index (χ0n) is 6.48. The smallest absolute Gasteiger partial charge is 0.352 e. The maximum absolute atomic E-state index is 10.1. The van der Waals surface area contributed by atoms with Gasteiger partial charge in [0, 0.05) is 6.61 Å². The maximum Gasteiger partial charge on any atom is 0.399 e.